The standard InChI is InChI=1S/C25H35ClN4O4S2/c1-25(2)13-18-4-3-5-21(23(18)27-16-25)36(33,34)29-20(12-22-28-19(14-26)15-35-22)24(32)30-9-6-17(7-10-30)8-11-31/h3-5,15,17,20,27,29,31H,6-14,16H2,1-2H3/t20-/m0/s1. The van der Waals surface area contributed by atoms with Crippen molar-refractivity contribution in [2.45, 2.75) is 62.8 Å². The van der Waals surface area contributed by atoms with E-state index >= 15 is 0 Å². The first-order chi connectivity index (χ1) is 17.1. The van der Waals surface area contributed by atoms with Crippen LogP contribution >= 0.6 is 22.9 Å². The van der Waals surface area contributed by atoms with Gasteiger partial charge in [-0.15, -0.1) is 22.9 Å². The van der Waals surface area contributed by atoms with Gasteiger partial charge in [-0.25, -0.2) is 13.4 Å². The molecular weight excluding hydrogens is 520 g/mol. The molecule has 1 atom stereocenters. The number of aliphatic hydroxyl groups is 1. The largest absolute Gasteiger partial charge is 0.396 e. The average Bonchev–Trinajstić information content (AvgIpc) is 3.30. The summed E-state index contributed by atoms with van der Waals surface area (Å²) in [6.07, 6.45) is 3.24. The highest BCUT2D eigenvalue weighted by Gasteiger charge is 2.35. The topological polar surface area (TPSA) is 112 Å². The van der Waals surface area contributed by atoms with E-state index in [2.05, 4.69) is 28.9 Å². The van der Waals surface area contributed by atoms with Crippen molar-refractivity contribution in [1.29, 1.82) is 0 Å². The van der Waals surface area contributed by atoms with Crippen LogP contribution in [0.5, 0.6) is 0 Å². The van der Waals surface area contributed by atoms with Gasteiger partial charge in [0.1, 0.15) is 10.9 Å². The van der Waals surface area contributed by atoms with E-state index in [0.717, 1.165) is 31.2 Å². The SMILES string of the molecule is CC1(C)CNc2c(cccc2S(=O)(=O)N[C@@H](Cc2nc(CCl)cs2)C(=O)N2CCC(CCO)CC2)C1. The van der Waals surface area contributed by atoms with E-state index in [1.165, 1.54) is 11.3 Å². The molecular formula is C25H35ClN4O4S2. The van der Waals surface area contributed by atoms with E-state index in [1.807, 2.05) is 11.4 Å². The van der Waals surface area contributed by atoms with Crippen LogP contribution in [0.15, 0.2) is 28.5 Å². The second-order valence-electron chi connectivity index (χ2n) is 10.5. The summed E-state index contributed by atoms with van der Waals surface area (Å²) in [7, 11) is -4.00. The van der Waals surface area contributed by atoms with Crippen molar-refractivity contribution in [3.63, 3.8) is 0 Å². The summed E-state index contributed by atoms with van der Waals surface area (Å²) in [6, 6.07) is 4.32. The van der Waals surface area contributed by atoms with Gasteiger partial charge < -0.3 is 15.3 Å². The number of nitrogens with zero attached hydrogens (tertiary/aromatic N) is 2. The van der Waals surface area contributed by atoms with E-state index in [-0.39, 0.29) is 35.1 Å². The third-order valence-corrected chi connectivity index (χ3v) is 9.70. The first-order valence-electron chi connectivity index (χ1n) is 12.4. The molecule has 1 saturated heterocycles. The molecule has 198 valence electrons. The van der Waals surface area contributed by atoms with Gasteiger partial charge in [-0.1, -0.05) is 26.0 Å². The zero-order valence-electron chi connectivity index (χ0n) is 20.8. The van der Waals surface area contributed by atoms with Gasteiger partial charge in [0.2, 0.25) is 15.9 Å². The number of aromatic nitrogens is 1. The molecule has 2 aliphatic rings. The molecule has 0 radical (unpaired) electrons. The first-order valence-corrected chi connectivity index (χ1v) is 15.3. The fourth-order valence-corrected chi connectivity index (χ4v) is 7.49. The maximum absolute atomic E-state index is 13.7. The van der Waals surface area contributed by atoms with Crippen molar-refractivity contribution < 1.29 is 18.3 Å². The summed E-state index contributed by atoms with van der Waals surface area (Å²) >= 11 is 7.28. The number of anilines is 1. The molecule has 36 heavy (non-hydrogen) atoms. The second kappa shape index (κ2) is 11.3. The maximum Gasteiger partial charge on any atom is 0.243 e. The van der Waals surface area contributed by atoms with E-state index in [1.54, 1.807) is 17.0 Å². The number of alkyl halides is 1. The lowest BCUT2D eigenvalue weighted by atomic mass is 9.82. The van der Waals surface area contributed by atoms with Gasteiger partial charge in [-0.3, -0.25) is 4.79 Å². The van der Waals surface area contributed by atoms with Crippen LogP contribution < -0.4 is 10.0 Å². The van der Waals surface area contributed by atoms with Crippen LogP contribution in [0.3, 0.4) is 0 Å². The molecule has 1 aromatic heterocycles. The number of carbonyl (C=O) groups is 1. The highest BCUT2D eigenvalue weighted by atomic mass is 35.5. The van der Waals surface area contributed by atoms with E-state index in [9.17, 15) is 18.3 Å². The molecule has 1 fully saturated rings. The lowest BCUT2D eigenvalue weighted by molar-refractivity contribution is -0.134. The Labute approximate surface area is 222 Å². The zero-order chi connectivity index (χ0) is 25.9. The van der Waals surface area contributed by atoms with Crippen LogP contribution in [0.1, 0.15) is 49.4 Å². The van der Waals surface area contributed by atoms with Crippen molar-refractivity contribution in [3.05, 3.63) is 39.8 Å². The molecule has 0 bridgehead atoms. The van der Waals surface area contributed by atoms with Crippen molar-refractivity contribution in [3.8, 4) is 0 Å². The minimum atomic E-state index is -4.00. The van der Waals surface area contributed by atoms with E-state index in [4.69, 9.17) is 11.6 Å². The molecule has 1 amide bonds. The van der Waals surface area contributed by atoms with Gasteiger partial charge in [0.05, 0.1) is 22.3 Å². The average molecular weight is 555 g/mol. The van der Waals surface area contributed by atoms with Gasteiger partial charge in [-0.05, 0) is 48.6 Å². The number of piperidine rings is 1. The number of thiazole rings is 1. The number of fused-ring (bicyclic) bond motifs is 1. The summed E-state index contributed by atoms with van der Waals surface area (Å²) in [5, 5.41) is 15.0. The summed E-state index contributed by atoms with van der Waals surface area (Å²) in [4.78, 5) is 20.0. The van der Waals surface area contributed by atoms with E-state index in [0.29, 0.717) is 41.9 Å². The molecule has 4 rings (SSSR count). The Hall–Kier alpha value is -1.72. The van der Waals surface area contributed by atoms with Gasteiger partial charge >= 0.3 is 0 Å². The number of nitrogens with one attached hydrogen (secondary N) is 2. The Balaban J connectivity index is 1.58. The number of likely N-dealkylation sites (tertiary alicyclic amines) is 1. The number of amides is 1. The van der Waals surface area contributed by atoms with Crippen LogP contribution in [0.4, 0.5) is 5.69 Å². The Morgan fingerprint density at radius 3 is 2.78 bits per heavy atom. The molecule has 0 unspecified atom stereocenters. The van der Waals surface area contributed by atoms with Gasteiger partial charge in [0.25, 0.3) is 0 Å². The van der Waals surface area contributed by atoms with Gasteiger partial charge in [0, 0.05) is 38.0 Å². The number of halogens is 1. The van der Waals surface area contributed by atoms with Crippen LogP contribution in [0, 0.1) is 11.3 Å². The number of benzene rings is 1. The van der Waals surface area contributed by atoms with Crippen LogP contribution in [-0.4, -0.2) is 61.6 Å². The predicted molar refractivity (Wildman–Crippen MR) is 143 cm³/mol. The van der Waals surface area contributed by atoms with E-state index < -0.39 is 16.1 Å². The number of rotatable bonds is 9. The van der Waals surface area contributed by atoms with Crippen molar-refractivity contribution in [1.82, 2.24) is 14.6 Å². The summed E-state index contributed by atoms with van der Waals surface area (Å²) in [5.41, 5.74) is 2.29. The molecule has 11 heteroatoms. The minimum Gasteiger partial charge on any atom is -0.396 e. The second-order valence-corrected chi connectivity index (χ2v) is 13.4. The lowest BCUT2D eigenvalue weighted by Gasteiger charge is -2.35. The molecule has 0 saturated carbocycles. The number of hydrogen-bond donors (Lipinski definition) is 3. The lowest BCUT2D eigenvalue weighted by Crippen LogP contribution is -2.51. The van der Waals surface area contributed by atoms with Crippen LogP contribution in [0.25, 0.3) is 0 Å². The zero-order valence-corrected chi connectivity index (χ0v) is 23.2. The highest BCUT2D eigenvalue weighted by molar-refractivity contribution is 7.89. The third-order valence-electron chi connectivity index (χ3n) is 6.99. The third kappa shape index (κ3) is 6.39. The first kappa shape index (κ1) is 27.3. The molecule has 2 aliphatic heterocycles. The molecule has 8 nitrogen and oxygen atoms in total. The molecule has 1 aromatic carbocycles. The summed E-state index contributed by atoms with van der Waals surface area (Å²) < 4.78 is 30.1. The van der Waals surface area contributed by atoms with Gasteiger partial charge in [0.15, 0.2) is 0 Å². The monoisotopic (exact) mass is 554 g/mol. The quantitative estimate of drug-likeness (QED) is 0.410. The smallest absolute Gasteiger partial charge is 0.243 e. The molecule has 2 aromatic rings. The Bertz CT molecular complexity index is 1180. The highest BCUT2D eigenvalue weighted by Crippen LogP contribution is 2.36. The van der Waals surface area contributed by atoms with Crippen LogP contribution in [0.2, 0.25) is 0 Å². The van der Waals surface area contributed by atoms with Gasteiger partial charge in [-0.2, -0.15) is 4.72 Å². The fourth-order valence-electron chi connectivity index (χ4n) is 5.01. The molecule has 3 heterocycles. The summed E-state index contributed by atoms with van der Waals surface area (Å²) in [6.45, 7) is 6.18. The Morgan fingerprint density at radius 1 is 1.36 bits per heavy atom. The van der Waals surface area contributed by atoms with Crippen molar-refractivity contribution in [2.75, 3.05) is 31.6 Å². The number of sulfonamides is 1. The predicted octanol–water partition coefficient (Wildman–Crippen LogP) is 3.39. The Kier molecular flexibility index (Phi) is 8.61. The summed E-state index contributed by atoms with van der Waals surface area (Å²) in [5.74, 6) is 0.394. The number of hydrogen-bond acceptors (Lipinski definition) is 7. The Morgan fingerprint density at radius 2 is 2.11 bits per heavy atom. The van der Waals surface area contributed by atoms with Crippen molar-refractivity contribution in [2.24, 2.45) is 11.3 Å². The number of aliphatic hydroxyl groups excluding tert-OH is 1. The maximum atomic E-state index is 13.7. The number of carbonyl (C=O) groups excluding carboxylic acids is 1. The van der Waals surface area contributed by atoms with Crippen LogP contribution in [-0.2, 0) is 33.5 Å². The molecule has 0 spiro atoms. The molecule has 3 N–H and O–H groups in total. The fraction of sp³-hybridized carbons (Fsp3) is 0.600. The minimum absolute atomic E-state index is 0.0223. The number of para-hydroxylation sites is 1. The van der Waals surface area contributed by atoms with Crippen molar-refractivity contribution >= 4 is 44.6 Å². The molecule has 0 aliphatic carbocycles. The normalized spacial score (nSPS) is 18.9.